The maximum absolute atomic E-state index is 10.9. The highest BCUT2D eigenvalue weighted by Crippen LogP contribution is 2.32. The van der Waals surface area contributed by atoms with E-state index in [4.69, 9.17) is 5.11 Å². The van der Waals surface area contributed by atoms with Crippen LogP contribution in [0.4, 0.5) is 5.13 Å². The number of aromatic carboxylic acids is 1. The first-order valence-corrected chi connectivity index (χ1v) is 6.71. The van der Waals surface area contributed by atoms with Gasteiger partial charge in [-0.2, -0.15) is 0 Å². The Morgan fingerprint density at radius 3 is 2.78 bits per heavy atom. The lowest BCUT2D eigenvalue weighted by molar-refractivity contribution is 0.0696. The summed E-state index contributed by atoms with van der Waals surface area (Å²) in [5.41, 5.74) is 0.275. The van der Waals surface area contributed by atoms with Gasteiger partial charge >= 0.3 is 5.97 Å². The topological polar surface area (TPSA) is 66.3 Å². The van der Waals surface area contributed by atoms with E-state index in [9.17, 15) is 4.79 Å². The van der Waals surface area contributed by atoms with Crippen LogP contribution in [0.1, 0.15) is 10.4 Å². The van der Waals surface area contributed by atoms with Crippen molar-refractivity contribution in [3.8, 4) is 0 Å². The summed E-state index contributed by atoms with van der Waals surface area (Å²) in [6, 6.07) is 6.77. The molecule has 0 aliphatic heterocycles. The van der Waals surface area contributed by atoms with E-state index in [0.717, 1.165) is 14.4 Å². The molecule has 0 bridgehead atoms. The fourth-order valence-electron chi connectivity index (χ4n) is 1.22. The lowest BCUT2D eigenvalue weighted by Gasteiger charge is -2.03. The summed E-state index contributed by atoms with van der Waals surface area (Å²) in [6.45, 7) is 0. The summed E-state index contributed by atoms with van der Waals surface area (Å²) in [5.74, 6) is -0.927. The Morgan fingerprint density at radius 2 is 2.17 bits per heavy atom. The van der Waals surface area contributed by atoms with Crippen molar-refractivity contribution in [3.63, 3.8) is 0 Å². The molecule has 0 unspecified atom stereocenters. The molecule has 0 saturated heterocycles. The number of anilines is 1. The molecule has 18 heavy (non-hydrogen) atoms. The quantitative estimate of drug-likeness (QED) is 0.928. The summed E-state index contributed by atoms with van der Waals surface area (Å²) in [4.78, 5) is 13.6. The fraction of sp³-hybridized carbons (Fsp3) is 0.182. The van der Waals surface area contributed by atoms with E-state index in [1.54, 1.807) is 18.2 Å². The first kappa shape index (κ1) is 12.8. The maximum Gasteiger partial charge on any atom is 0.335 e. The minimum absolute atomic E-state index is 0.275. The molecule has 2 rings (SSSR count). The minimum Gasteiger partial charge on any atom is -0.478 e. The first-order valence-electron chi connectivity index (χ1n) is 5.08. The van der Waals surface area contributed by atoms with E-state index < -0.39 is 5.97 Å². The summed E-state index contributed by atoms with van der Waals surface area (Å²) in [7, 11) is 3.81. The van der Waals surface area contributed by atoms with Crippen molar-refractivity contribution >= 4 is 34.2 Å². The molecule has 0 spiro atoms. The highest BCUT2D eigenvalue weighted by molar-refractivity contribution is 8.01. The van der Waals surface area contributed by atoms with Gasteiger partial charge in [-0.3, -0.25) is 0 Å². The second kappa shape index (κ2) is 5.36. The van der Waals surface area contributed by atoms with Gasteiger partial charge in [-0.25, -0.2) is 4.79 Å². The van der Waals surface area contributed by atoms with Crippen LogP contribution in [-0.2, 0) is 0 Å². The number of aromatic nitrogens is 2. The summed E-state index contributed by atoms with van der Waals surface area (Å²) in [5, 5.41) is 17.8. The standard InChI is InChI=1S/C11H11N3O2S2/c1-14(2)10-12-13-11(18-10)17-8-5-3-4-7(6-8)9(15)16/h3-6H,1-2H3,(H,15,16). The van der Waals surface area contributed by atoms with Crippen molar-refractivity contribution < 1.29 is 9.90 Å². The van der Waals surface area contributed by atoms with Gasteiger partial charge in [0, 0.05) is 19.0 Å². The van der Waals surface area contributed by atoms with E-state index in [1.807, 2.05) is 25.1 Å². The van der Waals surface area contributed by atoms with Crippen molar-refractivity contribution in [2.75, 3.05) is 19.0 Å². The second-order valence-electron chi connectivity index (χ2n) is 3.68. The van der Waals surface area contributed by atoms with Gasteiger partial charge in [0.05, 0.1) is 5.56 Å². The van der Waals surface area contributed by atoms with Gasteiger partial charge in [0.15, 0.2) is 4.34 Å². The van der Waals surface area contributed by atoms with Gasteiger partial charge in [-0.15, -0.1) is 10.2 Å². The molecule has 1 aromatic heterocycles. The average molecular weight is 281 g/mol. The summed E-state index contributed by atoms with van der Waals surface area (Å²) >= 11 is 2.88. The Labute approximate surface area is 112 Å². The number of hydrogen-bond acceptors (Lipinski definition) is 6. The van der Waals surface area contributed by atoms with Gasteiger partial charge in [-0.05, 0) is 18.2 Å². The molecule has 2 aromatic rings. The summed E-state index contributed by atoms with van der Waals surface area (Å²) in [6.07, 6.45) is 0. The lowest BCUT2D eigenvalue weighted by Crippen LogP contribution is -2.07. The Kier molecular flexibility index (Phi) is 3.83. The zero-order chi connectivity index (χ0) is 13.1. The van der Waals surface area contributed by atoms with Crippen LogP contribution >= 0.6 is 23.1 Å². The van der Waals surface area contributed by atoms with E-state index in [-0.39, 0.29) is 5.56 Å². The van der Waals surface area contributed by atoms with Crippen LogP contribution in [-0.4, -0.2) is 35.4 Å². The van der Waals surface area contributed by atoms with Gasteiger partial charge in [0.1, 0.15) is 0 Å². The number of nitrogens with zero attached hydrogens (tertiary/aromatic N) is 3. The molecule has 0 amide bonds. The molecule has 94 valence electrons. The van der Waals surface area contributed by atoms with Crippen LogP contribution in [0.15, 0.2) is 33.5 Å². The third-order valence-electron chi connectivity index (χ3n) is 2.06. The van der Waals surface area contributed by atoms with E-state index in [2.05, 4.69) is 10.2 Å². The second-order valence-corrected chi connectivity index (χ2v) is 5.96. The largest absolute Gasteiger partial charge is 0.478 e. The minimum atomic E-state index is -0.927. The number of carboxylic acids is 1. The number of hydrogen-bond donors (Lipinski definition) is 1. The molecule has 1 heterocycles. The molecule has 0 saturated carbocycles. The average Bonchev–Trinajstić information content (AvgIpc) is 2.78. The van der Waals surface area contributed by atoms with Crippen molar-refractivity contribution in [2.45, 2.75) is 9.24 Å². The third kappa shape index (κ3) is 2.99. The first-order chi connectivity index (χ1) is 8.56. The smallest absolute Gasteiger partial charge is 0.335 e. The van der Waals surface area contributed by atoms with Crippen molar-refractivity contribution in [3.05, 3.63) is 29.8 Å². The van der Waals surface area contributed by atoms with Crippen LogP contribution in [0, 0.1) is 0 Å². The van der Waals surface area contributed by atoms with Crippen LogP contribution < -0.4 is 4.90 Å². The number of carbonyl (C=O) groups is 1. The van der Waals surface area contributed by atoms with Crippen molar-refractivity contribution in [1.29, 1.82) is 0 Å². The Balaban J connectivity index is 2.17. The molecule has 0 aliphatic rings. The molecular weight excluding hydrogens is 270 g/mol. The van der Waals surface area contributed by atoms with Gasteiger partial charge < -0.3 is 10.0 Å². The van der Waals surface area contributed by atoms with E-state index >= 15 is 0 Å². The Bertz CT molecular complexity index is 569. The van der Waals surface area contributed by atoms with E-state index in [1.165, 1.54) is 23.1 Å². The van der Waals surface area contributed by atoms with Gasteiger partial charge in [0.2, 0.25) is 5.13 Å². The highest BCUT2D eigenvalue weighted by atomic mass is 32.2. The zero-order valence-corrected chi connectivity index (χ0v) is 11.5. The molecule has 0 radical (unpaired) electrons. The molecule has 0 atom stereocenters. The number of benzene rings is 1. The van der Waals surface area contributed by atoms with Crippen molar-refractivity contribution in [2.24, 2.45) is 0 Å². The number of carboxylic acid groups (broad SMARTS) is 1. The van der Waals surface area contributed by atoms with Gasteiger partial charge in [-0.1, -0.05) is 29.2 Å². The third-order valence-corrected chi connectivity index (χ3v) is 4.20. The monoisotopic (exact) mass is 281 g/mol. The van der Waals surface area contributed by atoms with Crippen LogP contribution in [0.25, 0.3) is 0 Å². The zero-order valence-electron chi connectivity index (χ0n) is 9.82. The molecule has 1 aromatic carbocycles. The van der Waals surface area contributed by atoms with Crippen LogP contribution in [0.3, 0.4) is 0 Å². The predicted molar refractivity (Wildman–Crippen MR) is 71.8 cm³/mol. The Hall–Kier alpha value is -1.60. The Morgan fingerprint density at radius 1 is 1.39 bits per heavy atom. The normalized spacial score (nSPS) is 10.3. The molecule has 1 N–H and O–H groups in total. The van der Waals surface area contributed by atoms with Gasteiger partial charge in [0.25, 0.3) is 0 Å². The molecule has 0 fully saturated rings. The molecule has 0 aliphatic carbocycles. The molecule has 5 nitrogen and oxygen atoms in total. The predicted octanol–water partition coefficient (Wildman–Crippen LogP) is 2.45. The van der Waals surface area contributed by atoms with E-state index in [0.29, 0.717) is 0 Å². The maximum atomic E-state index is 10.9. The number of rotatable bonds is 4. The fourth-order valence-corrected chi connectivity index (χ4v) is 3.01. The van der Waals surface area contributed by atoms with Crippen molar-refractivity contribution in [1.82, 2.24) is 10.2 Å². The molecule has 7 heteroatoms. The SMILES string of the molecule is CN(C)c1nnc(Sc2cccc(C(=O)O)c2)s1. The van der Waals surface area contributed by atoms with Crippen LogP contribution in [0.2, 0.25) is 0 Å². The molecular formula is C11H11N3O2S2. The highest BCUT2D eigenvalue weighted by Gasteiger charge is 2.09. The summed E-state index contributed by atoms with van der Waals surface area (Å²) < 4.78 is 0.793. The lowest BCUT2D eigenvalue weighted by atomic mass is 10.2. The van der Waals surface area contributed by atoms with Crippen LogP contribution in [0.5, 0.6) is 0 Å².